The van der Waals surface area contributed by atoms with Gasteiger partial charge < -0.3 is 15.3 Å². The quantitative estimate of drug-likeness (QED) is 0.873. The van der Waals surface area contributed by atoms with Gasteiger partial charge in [0.15, 0.2) is 5.69 Å². The molecular weight excluding hydrogens is 297 g/mol. The van der Waals surface area contributed by atoms with Crippen molar-refractivity contribution < 1.29 is 18.3 Å². The highest BCUT2D eigenvalue weighted by atomic mass is 19.4. The van der Waals surface area contributed by atoms with E-state index in [-0.39, 0.29) is 24.2 Å². The van der Waals surface area contributed by atoms with Gasteiger partial charge in [-0.05, 0) is 18.8 Å². The van der Waals surface area contributed by atoms with Crippen LogP contribution in [0.2, 0.25) is 0 Å². The molecule has 8 heteroatoms. The molecule has 1 saturated carbocycles. The zero-order chi connectivity index (χ0) is 16.3. The molecule has 1 fully saturated rings. The molecule has 1 heterocycles. The van der Waals surface area contributed by atoms with Crippen molar-refractivity contribution in [2.45, 2.75) is 38.0 Å². The van der Waals surface area contributed by atoms with Crippen LogP contribution in [0.25, 0.3) is 0 Å². The highest BCUT2D eigenvalue weighted by molar-refractivity contribution is 5.44. The molecule has 22 heavy (non-hydrogen) atoms. The Morgan fingerprint density at radius 2 is 1.95 bits per heavy atom. The Labute approximate surface area is 127 Å². The fourth-order valence-electron chi connectivity index (χ4n) is 2.59. The van der Waals surface area contributed by atoms with Gasteiger partial charge in [0.05, 0.1) is 6.10 Å². The molecule has 1 aliphatic rings. The van der Waals surface area contributed by atoms with E-state index in [0.29, 0.717) is 0 Å². The number of nitrogens with one attached hydrogen (secondary N) is 1. The average Bonchev–Trinajstić information content (AvgIpc) is 2.97. The van der Waals surface area contributed by atoms with Crippen molar-refractivity contribution in [3.05, 3.63) is 11.8 Å². The predicted molar refractivity (Wildman–Crippen MR) is 77.8 cm³/mol. The lowest BCUT2D eigenvalue weighted by Crippen LogP contribution is -2.28. The van der Waals surface area contributed by atoms with Crippen LogP contribution in [-0.4, -0.2) is 41.8 Å². The molecule has 0 aromatic carbocycles. The summed E-state index contributed by atoms with van der Waals surface area (Å²) in [6.07, 6.45) is -1.04. The van der Waals surface area contributed by atoms with Crippen LogP contribution in [0.1, 0.15) is 31.4 Å². The fraction of sp³-hybridized carbons (Fsp3) is 0.714. The van der Waals surface area contributed by atoms with E-state index in [4.69, 9.17) is 0 Å². The highest BCUT2D eigenvalue weighted by Crippen LogP contribution is 2.31. The molecule has 0 bridgehead atoms. The predicted octanol–water partition coefficient (Wildman–Crippen LogP) is 2.52. The minimum Gasteiger partial charge on any atom is -0.391 e. The first-order valence-electron chi connectivity index (χ1n) is 7.33. The molecule has 124 valence electrons. The molecule has 2 N–H and O–H groups in total. The second kappa shape index (κ2) is 6.68. The number of aliphatic hydroxyl groups excluding tert-OH is 1. The van der Waals surface area contributed by atoms with Gasteiger partial charge in [-0.3, -0.25) is 0 Å². The van der Waals surface area contributed by atoms with Crippen LogP contribution in [0.3, 0.4) is 0 Å². The molecule has 1 aromatic rings. The zero-order valence-electron chi connectivity index (χ0n) is 12.7. The topological polar surface area (TPSA) is 61.3 Å². The minimum absolute atomic E-state index is 0.115. The normalized spacial score (nSPS) is 17.5. The van der Waals surface area contributed by atoms with Crippen LogP contribution in [0.5, 0.6) is 0 Å². The Hall–Kier alpha value is -1.57. The summed E-state index contributed by atoms with van der Waals surface area (Å²) in [7, 11) is 3.22. The fourth-order valence-corrected chi connectivity index (χ4v) is 2.59. The van der Waals surface area contributed by atoms with Crippen LogP contribution in [0, 0.1) is 5.92 Å². The minimum atomic E-state index is -4.53. The maximum absolute atomic E-state index is 12.9. The number of hydrogen-bond acceptors (Lipinski definition) is 5. The molecule has 2 rings (SSSR count). The summed E-state index contributed by atoms with van der Waals surface area (Å²) in [6, 6.07) is 0.901. The lowest BCUT2D eigenvalue weighted by molar-refractivity contribution is -0.141. The van der Waals surface area contributed by atoms with Crippen LogP contribution in [0.4, 0.5) is 24.9 Å². The van der Waals surface area contributed by atoms with Crippen molar-refractivity contribution >= 4 is 11.8 Å². The Balaban J connectivity index is 2.10. The third-order valence-electron chi connectivity index (χ3n) is 3.87. The molecule has 0 spiro atoms. The number of aliphatic hydroxyl groups is 1. The number of anilines is 2. The van der Waals surface area contributed by atoms with Gasteiger partial charge in [0, 0.05) is 26.7 Å². The molecule has 0 radical (unpaired) electrons. The van der Waals surface area contributed by atoms with Crippen LogP contribution >= 0.6 is 0 Å². The van der Waals surface area contributed by atoms with E-state index in [0.717, 1.165) is 31.7 Å². The maximum atomic E-state index is 12.9. The van der Waals surface area contributed by atoms with Gasteiger partial charge in [-0.25, -0.2) is 4.98 Å². The van der Waals surface area contributed by atoms with Gasteiger partial charge in [-0.1, -0.05) is 12.8 Å². The van der Waals surface area contributed by atoms with Crippen molar-refractivity contribution in [1.29, 1.82) is 0 Å². The largest absolute Gasteiger partial charge is 0.433 e. The highest BCUT2D eigenvalue weighted by Gasteiger charge is 2.34. The Kier molecular flexibility index (Phi) is 5.10. The molecular formula is C14H21F3N4O. The summed E-state index contributed by atoms with van der Waals surface area (Å²) in [5.74, 6) is 0.252. The molecule has 0 amide bonds. The van der Waals surface area contributed by atoms with Gasteiger partial charge in [0.1, 0.15) is 5.82 Å². The summed E-state index contributed by atoms with van der Waals surface area (Å²) in [5.41, 5.74) is -0.996. The zero-order valence-corrected chi connectivity index (χ0v) is 12.7. The van der Waals surface area contributed by atoms with Crippen molar-refractivity contribution in [3.63, 3.8) is 0 Å². The van der Waals surface area contributed by atoms with Crippen LogP contribution < -0.4 is 10.2 Å². The lowest BCUT2D eigenvalue weighted by Gasteiger charge is -2.19. The smallest absolute Gasteiger partial charge is 0.391 e. The first-order chi connectivity index (χ1) is 10.3. The summed E-state index contributed by atoms with van der Waals surface area (Å²) >= 11 is 0. The van der Waals surface area contributed by atoms with E-state index in [9.17, 15) is 18.3 Å². The second-order valence-corrected chi connectivity index (χ2v) is 5.82. The Morgan fingerprint density at radius 3 is 2.50 bits per heavy atom. The number of rotatable bonds is 5. The summed E-state index contributed by atoms with van der Waals surface area (Å²) < 4.78 is 38.6. The molecule has 0 aliphatic heterocycles. The Bertz CT molecular complexity index is 501. The first-order valence-corrected chi connectivity index (χ1v) is 7.33. The average molecular weight is 318 g/mol. The second-order valence-electron chi connectivity index (χ2n) is 5.82. The molecule has 0 saturated heterocycles. The van der Waals surface area contributed by atoms with Gasteiger partial charge >= 0.3 is 6.18 Å². The van der Waals surface area contributed by atoms with E-state index in [1.165, 1.54) is 4.90 Å². The van der Waals surface area contributed by atoms with Crippen molar-refractivity contribution in [3.8, 4) is 0 Å². The Morgan fingerprint density at radius 1 is 1.32 bits per heavy atom. The van der Waals surface area contributed by atoms with Crippen LogP contribution in [-0.2, 0) is 6.18 Å². The van der Waals surface area contributed by atoms with Crippen LogP contribution in [0.15, 0.2) is 6.07 Å². The third-order valence-corrected chi connectivity index (χ3v) is 3.87. The van der Waals surface area contributed by atoms with Crippen molar-refractivity contribution in [1.82, 2.24) is 9.97 Å². The third kappa shape index (κ3) is 4.22. The maximum Gasteiger partial charge on any atom is 0.433 e. The van der Waals surface area contributed by atoms with Gasteiger partial charge in [0.2, 0.25) is 5.95 Å². The molecule has 1 unspecified atom stereocenters. The molecule has 1 atom stereocenters. The van der Waals surface area contributed by atoms with E-state index < -0.39 is 18.0 Å². The number of nitrogens with zero attached hydrogens (tertiary/aromatic N) is 3. The monoisotopic (exact) mass is 318 g/mol. The van der Waals surface area contributed by atoms with E-state index in [1.54, 1.807) is 14.1 Å². The SMILES string of the molecule is CN(C)c1cc(C(F)(F)F)nc(NCC(O)C2CCCC2)n1. The standard InChI is InChI=1S/C14H21F3N4O/c1-21(2)12-7-11(14(15,16)17)19-13(20-12)18-8-10(22)9-5-3-4-6-9/h7,9-10,22H,3-6,8H2,1-2H3,(H,18,19,20). The van der Waals surface area contributed by atoms with Crippen molar-refractivity contribution in [2.75, 3.05) is 30.9 Å². The summed E-state index contributed by atoms with van der Waals surface area (Å²) in [6.45, 7) is 0.152. The summed E-state index contributed by atoms with van der Waals surface area (Å²) in [5, 5.41) is 12.8. The van der Waals surface area contributed by atoms with E-state index in [1.807, 2.05) is 0 Å². The summed E-state index contributed by atoms with van der Waals surface area (Å²) in [4.78, 5) is 9.02. The molecule has 1 aliphatic carbocycles. The van der Waals surface area contributed by atoms with Gasteiger partial charge in [-0.2, -0.15) is 18.2 Å². The number of aromatic nitrogens is 2. The van der Waals surface area contributed by atoms with Gasteiger partial charge in [-0.15, -0.1) is 0 Å². The number of hydrogen-bond donors (Lipinski definition) is 2. The van der Waals surface area contributed by atoms with E-state index in [2.05, 4.69) is 15.3 Å². The van der Waals surface area contributed by atoms with Crippen molar-refractivity contribution in [2.24, 2.45) is 5.92 Å². The number of halogens is 3. The molecule has 1 aromatic heterocycles. The number of alkyl halides is 3. The first kappa shape index (κ1) is 16.8. The lowest BCUT2D eigenvalue weighted by atomic mass is 10.0. The molecule has 5 nitrogen and oxygen atoms in total. The van der Waals surface area contributed by atoms with Gasteiger partial charge in [0.25, 0.3) is 0 Å². The van der Waals surface area contributed by atoms with E-state index >= 15 is 0 Å².